The van der Waals surface area contributed by atoms with Crippen molar-refractivity contribution in [2.75, 3.05) is 19.6 Å². The van der Waals surface area contributed by atoms with E-state index >= 15 is 4.39 Å². The molecule has 2 aliphatic heterocycles. The third kappa shape index (κ3) is 2.80. The number of hydrogen-bond acceptors (Lipinski definition) is 2. The van der Waals surface area contributed by atoms with Gasteiger partial charge in [0.1, 0.15) is 5.67 Å². The summed E-state index contributed by atoms with van der Waals surface area (Å²) in [5.41, 5.74) is -0.298. The van der Waals surface area contributed by atoms with E-state index in [1.165, 1.54) is 19.4 Å². The lowest BCUT2D eigenvalue weighted by molar-refractivity contribution is 0.141. The van der Waals surface area contributed by atoms with Crippen molar-refractivity contribution in [1.29, 1.82) is 0 Å². The fourth-order valence-corrected chi connectivity index (χ4v) is 5.36. The largest absolute Gasteiger partial charge is 0.297 e. The first-order chi connectivity index (χ1) is 11.5. The van der Waals surface area contributed by atoms with E-state index in [2.05, 4.69) is 30.6 Å². The van der Waals surface area contributed by atoms with E-state index in [4.69, 9.17) is 0 Å². The van der Waals surface area contributed by atoms with Crippen LogP contribution >= 0.6 is 0 Å². The first-order valence-electron chi connectivity index (χ1n) is 9.74. The quantitative estimate of drug-likeness (QED) is 0.803. The van der Waals surface area contributed by atoms with Gasteiger partial charge in [-0.3, -0.25) is 9.80 Å². The fourth-order valence-electron chi connectivity index (χ4n) is 5.36. The molecule has 2 nitrogen and oxygen atoms in total. The van der Waals surface area contributed by atoms with Gasteiger partial charge in [-0.1, -0.05) is 30.3 Å². The average Bonchev–Trinajstić information content (AvgIpc) is 2.93. The zero-order valence-corrected chi connectivity index (χ0v) is 15.3. The van der Waals surface area contributed by atoms with Crippen molar-refractivity contribution in [2.24, 2.45) is 11.8 Å². The summed E-state index contributed by atoms with van der Waals surface area (Å²) in [6, 6.07) is 11.7. The number of hydrogen-bond donors (Lipinski definition) is 0. The maximum atomic E-state index is 15.4. The SMILES string of the molecule is CC(CC1C2CCN(C(C)C)C21)N1CCC(F)(c2ccccc2)C1. The van der Waals surface area contributed by atoms with Crippen LogP contribution in [0.4, 0.5) is 4.39 Å². The van der Waals surface area contributed by atoms with Gasteiger partial charge < -0.3 is 0 Å². The highest BCUT2D eigenvalue weighted by molar-refractivity contribution is 5.24. The molecule has 0 N–H and O–H groups in total. The summed E-state index contributed by atoms with van der Waals surface area (Å²) in [4.78, 5) is 5.08. The predicted molar refractivity (Wildman–Crippen MR) is 96.7 cm³/mol. The molecule has 0 spiro atoms. The highest BCUT2D eigenvalue weighted by Gasteiger charge is 2.57. The summed E-state index contributed by atoms with van der Waals surface area (Å²) in [6.07, 6.45) is 3.25. The molecule has 1 aromatic rings. The molecule has 132 valence electrons. The molecule has 24 heavy (non-hydrogen) atoms. The first-order valence-corrected chi connectivity index (χ1v) is 9.74. The molecule has 3 aliphatic rings. The van der Waals surface area contributed by atoms with Crippen LogP contribution in [-0.4, -0.2) is 47.6 Å². The second-order valence-corrected chi connectivity index (χ2v) is 8.58. The Morgan fingerprint density at radius 1 is 1.17 bits per heavy atom. The van der Waals surface area contributed by atoms with Gasteiger partial charge in [-0.15, -0.1) is 0 Å². The van der Waals surface area contributed by atoms with Crippen molar-refractivity contribution in [1.82, 2.24) is 9.80 Å². The summed E-state index contributed by atoms with van der Waals surface area (Å²) < 4.78 is 15.4. The second-order valence-electron chi connectivity index (χ2n) is 8.58. The Kier molecular flexibility index (Phi) is 4.20. The lowest BCUT2D eigenvalue weighted by Crippen LogP contribution is -2.36. The minimum absolute atomic E-state index is 0.496. The second kappa shape index (κ2) is 6.10. The number of likely N-dealkylation sites (tertiary alicyclic amines) is 2. The Morgan fingerprint density at radius 3 is 2.62 bits per heavy atom. The van der Waals surface area contributed by atoms with E-state index in [9.17, 15) is 0 Å². The van der Waals surface area contributed by atoms with Gasteiger partial charge in [-0.2, -0.15) is 0 Å². The van der Waals surface area contributed by atoms with Crippen molar-refractivity contribution in [3.05, 3.63) is 35.9 Å². The number of nitrogens with zero attached hydrogens (tertiary/aromatic N) is 2. The van der Waals surface area contributed by atoms with E-state index in [0.717, 1.165) is 30.0 Å². The van der Waals surface area contributed by atoms with Gasteiger partial charge in [0.05, 0.1) is 0 Å². The van der Waals surface area contributed by atoms with E-state index < -0.39 is 5.67 Å². The molecule has 0 aromatic heterocycles. The van der Waals surface area contributed by atoms with Gasteiger partial charge in [0.2, 0.25) is 0 Å². The molecule has 0 amide bonds. The van der Waals surface area contributed by atoms with Gasteiger partial charge in [0, 0.05) is 31.2 Å². The monoisotopic (exact) mass is 330 g/mol. The van der Waals surface area contributed by atoms with Crippen LogP contribution < -0.4 is 0 Å². The van der Waals surface area contributed by atoms with E-state index in [1.807, 2.05) is 30.3 Å². The van der Waals surface area contributed by atoms with E-state index in [0.29, 0.717) is 25.0 Å². The number of fused-ring (bicyclic) bond motifs is 1. The van der Waals surface area contributed by atoms with Crippen molar-refractivity contribution < 1.29 is 4.39 Å². The number of halogens is 1. The molecule has 1 saturated carbocycles. The van der Waals surface area contributed by atoms with Crippen LogP contribution in [0, 0.1) is 11.8 Å². The summed E-state index contributed by atoms with van der Waals surface area (Å²) in [5, 5.41) is 0. The van der Waals surface area contributed by atoms with Gasteiger partial charge in [0.25, 0.3) is 0 Å². The summed E-state index contributed by atoms with van der Waals surface area (Å²) >= 11 is 0. The van der Waals surface area contributed by atoms with Crippen LogP contribution in [0.25, 0.3) is 0 Å². The summed E-state index contributed by atoms with van der Waals surface area (Å²) in [7, 11) is 0. The number of rotatable bonds is 5. The topological polar surface area (TPSA) is 6.48 Å². The molecule has 1 aliphatic carbocycles. The molecule has 5 unspecified atom stereocenters. The number of piperidine rings is 1. The van der Waals surface area contributed by atoms with Gasteiger partial charge >= 0.3 is 0 Å². The molecular weight excluding hydrogens is 299 g/mol. The van der Waals surface area contributed by atoms with Gasteiger partial charge in [-0.05, 0) is 64.0 Å². The zero-order chi connectivity index (χ0) is 16.9. The molecular formula is C21H31FN2. The Labute approximate surface area is 146 Å². The Hall–Kier alpha value is -0.930. The third-order valence-electron chi connectivity index (χ3n) is 6.83. The Bertz CT molecular complexity index is 574. The number of benzene rings is 1. The molecule has 5 atom stereocenters. The Balaban J connectivity index is 1.35. The third-order valence-corrected chi connectivity index (χ3v) is 6.83. The number of alkyl halides is 1. The van der Waals surface area contributed by atoms with Crippen molar-refractivity contribution in [2.45, 2.75) is 63.8 Å². The molecule has 0 radical (unpaired) electrons. The van der Waals surface area contributed by atoms with E-state index in [1.54, 1.807) is 0 Å². The highest BCUT2D eigenvalue weighted by Crippen LogP contribution is 2.54. The van der Waals surface area contributed by atoms with Crippen LogP contribution in [0.3, 0.4) is 0 Å². The van der Waals surface area contributed by atoms with Crippen LogP contribution in [0.5, 0.6) is 0 Å². The molecule has 0 bridgehead atoms. The minimum atomic E-state index is -1.15. The van der Waals surface area contributed by atoms with E-state index in [-0.39, 0.29) is 0 Å². The van der Waals surface area contributed by atoms with Crippen LogP contribution in [0.1, 0.15) is 45.6 Å². The lowest BCUT2D eigenvalue weighted by atomic mass is 9.95. The molecule has 2 heterocycles. The van der Waals surface area contributed by atoms with Crippen LogP contribution in [0.2, 0.25) is 0 Å². The highest BCUT2D eigenvalue weighted by atomic mass is 19.1. The summed E-state index contributed by atoms with van der Waals surface area (Å²) in [5.74, 6) is 1.77. The van der Waals surface area contributed by atoms with Crippen molar-refractivity contribution >= 4 is 0 Å². The molecule has 1 aromatic carbocycles. The minimum Gasteiger partial charge on any atom is -0.297 e. The van der Waals surface area contributed by atoms with Gasteiger partial charge in [-0.25, -0.2) is 4.39 Å². The Morgan fingerprint density at radius 2 is 1.92 bits per heavy atom. The van der Waals surface area contributed by atoms with Gasteiger partial charge in [0.15, 0.2) is 0 Å². The standard InChI is InChI=1S/C21H31FN2/c1-15(2)24-11-9-18-19(20(18)24)13-16(3)23-12-10-21(22,14-23)17-7-5-4-6-8-17/h4-8,15-16,18-20H,9-14H2,1-3H3. The smallest absolute Gasteiger partial charge is 0.149 e. The average molecular weight is 330 g/mol. The maximum absolute atomic E-state index is 15.4. The molecule has 3 fully saturated rings. The summed E-state index contributed by atoms with van der Waals surface area (Å²) in [6.45, 7) is 9.68. The van der Waals surface area contributed by atoms with Crippen molar-refractivity contribution in [3.8, 4) is 0 Å². The normalized spacial score (nSPS) is 37.8. The van der Waals surface area contributed by atoms with Crippen molar-refractivity contribution in [3.63, 3.8) is 0 Å². The fraction of sp³-hybridized carbons (Fsp3) is 0.714. The predicted octanol–water partition coefficient (Wildman–Crippen LogP) is 4.06. The first kappa shape index (κ1) is 16.5. The molecule has 3 heteroatoms. The van der Waals surface area contributed by atoms with Crippen LogP contribution in [-0.2, 0) is 5.67 Å². The molecule has 4 rings (SSSR count). The van der Waals surface area contributed by atoms with Crippen LogP contribution in [0.15, 0.2) is 30.3 Å². The maximum Gasteiger partial charge on any atom is 0.149 e. The lowest BCUT2D eigenvalue weighted by Gasteiger charge is -2.28. The zero-order valence-electron chi connectivity index (χ0n) is 15.3. The molecule has 2 saturated heterocycles.